The molecule has 3 aliphatic rings. The van der Waals surface area contributed by atoms with E-state index in [9.17, 15) is 0 Å². The summed E-state index contributed by atoms with van der Waals surface area (Å²) in [5, 5.41) is 2.22. The first kappa shape index (κ1) is 55.7. The first-order chi connectivity index (χ1) is 40.7. The van der Waals surface area contributed by atoms with Crippen molar-refractivity contribution in [2.45, 2.75) is 129 Å². The Hall–Kier alpha value is -8.11. The van der Waals surface area contributed by atoms with Gasteiger partial charge in [0.25, 0.3) is 6.33 Å². The number of ether oxygens (including phenoxy) is 1. The van der Waals surface area contributed by atoms with Crippen molar-refractivity contribution in [1.29, 1.82) is 0 Å². The summed E-state index contributed by atoms with van der Waals surface area (Å²) < 4.78 is 13.7. The van der Waals surface area contributed by atoms with Crippen LogP contribution < -0.4 is 9.30 Å². The summed E-state index contributed by atoms with van der Waals surface area (Å²) in [4.78, 5) is 4.94. The van der Waals surface area contributed by atoms with Crippen LogP contribution in [0.3, 0.4) is 0 Å². The van der Waals surface area contributed by atoms with Gasteiger partial charge in [-0.05, 0) is 160 Å². The Morgan fingerprint density at radius 2 is 1.02 bits per heavy atom. The molecule has 86 heavy (non-hydrogen) atoms. The van der Waals surface area contributed by atoms with Crippen LogP contribution in [0.15, 0.2) is 188 Å². The van der Waals surface area contributed by atoms with E-state index < -0.39 is 0 Å². The van der Waals surface area contributed by atoms with Crippen LogP contribution in [0.2, 0.25) is 0 Å². The number of nitrogens with zero attached hydrogens (tertiary/aromatic N) is 4. The molecule has 0 amide bonds. The molecule has 1 aliphatic heterocycles. The smallest absolute Gasteiger partial charge is 0.268 e. The summed E-state index contributed by atoms with van der Waals surface area (Å²) in [5.41, 5.74) is 24.8. The standard InChI is InChI=1S/C80H72N4O.Pt/c1-76(2,3)52-38-43-81-72(46-52)84-69-28-17-16-25-61(69)62-33-32-55(48-71(62)84)85-54-21-18-20-53(47-54)82-49-83-74-64(27-19-29-70(74)82)60-24-13-12-22-58(60)59-23-14-15-26-63(59)73-56(50-30-36-65-67(44-50)79(8,9)41-39-77(65,4)5)34-35-57(75(73)83)51-31-37-66-68(45-51)80(10,11)42-40-78(66,6)7;/h12-38,43-46H,39-42H2,1-11H3;/q-2;. The zero-order chi connectivity index (χ0) is 58.5. The maximum Gasteiger partial charge on any atom is 0.268 e. The van der Waals surface area contributed by atoms with E-state index in [4.69, 9.17) is 9.72 Å². The second kappa shape index (κ2) is 20.0. The van der Waals surface area contributed by atoms with Gasteiger partial charge in [-0.2, -0.15) is 18.2 Å². The molecule has 12 aromatic rings. The predicted octanol–water partition coefficient (Wildman–Crippen LogP) is 20.2. The topological polar surface area (TPSA) is 35.9 Å². The fourth-order valence-corrected chi connectivity index (χ4v) is 14.6. The van der Waals surface area contributed by atoms with Crippen molar-refractivity contribution >= 4 is 32.8 Å². The summed E-state index contributed by atoms with van der Waals surface area (Å²) >= 11 is 0. The van der Waals surface area contributed by atoms with Gasteiger partial charge < -0.3 is 13.9 Å². The van der Waals surface area contributed by atoms with Gasteiger partial charge in [0, 0.05) is 49.8 Å². The number of para-hydroxylation sites is 2. The third-order valence-electron chi connectivity index (χ3n) is 19.7. The second-order valence-corrected chi connectivity index (χ2v) is 28.1. The molecule has 5 nitrogen and oxygen atoms in total. The molecule has 0 spiro atoms. The van der Waals surface area contributed by atoms with Gasteiger partial charge >= 0.3 is 0 Å². The van der Waals surface area contributed by atoms with Crippen LogP contribution in [0.5, 0.6) is 11.5 Å². The van der Waals surface area contributed by atoms with E-state index in [1.54, 1.807) is 0 Å². The van der Waals surface area contributed by atoms with Crippen molar-refractivity contribution in [3.63, 3.8) is 0 Å². The summed E-state index contributed by atoms with van der Waals surface area (Å²) in [5.74, 6) is 2.01. The van der Waals surface area contributed by atoms with Gasteiger partial charge in [-0.15, -0.1) is 29.7 Å². The molecule has 0 unspecified atom stereocenters. The van der Waals surface area contributed by atoms with E-state index in [1.165, 1.54) is 66.8 Å². The van der Waals surface area contributed by atoms with Crippen molar-refractivity contribution in [2.24, 2.45) is 0 Å². The summed E-state index contributed by atoms with van der Waals surface area (Å²) in [6, 6.07) is 75.1. The minimum absolute atomic E-state index is 0. The maximum absolute atomic E-state index is 6.90. The van der Waals surface area contributed by atoms with E-state index >= 15 is 0 Å². The Bertz CT molecular complexity index is 4750. The molecule has 9 aromatic carbocycles. The fourth-order valence-electron chi connectivity index (χ4n) is 14.6. The van der Waals surface area contributed by atoms with E-state index in [2.05, 4.69) is 278 Å². The van der Waals surface area contributed by atoms with Crippen LogP contribution in [0.4, 0.5) is 0 Å². The van der Waals surface area contributed by atoms with Gasteiger partial charge in [0.2, 0.25) is 0 Å². The molecule has 4 heterocycles. The van der Waals surface area contributed by atoms with E-state index in [-0.39, 0.29) is 48.1 Å². The van der Waals surface area contributed by atoms with E-state index in [1.807, 2.05) is 18.3 Å². The summed E-state index contributed by atoms with van der Waals surface area (Å²) in [7, 11) is 0. The number of pyridine rings is 1. The van der Waals surface area contributed by atoms with Gasteiger partial charge in [0.05, 0.1) is 16.7 Å². The molecule has 0 saturated heterocycles. The van der Waals surface area contributed by atoms with Crippen LogP contribution in [0.25, 0.3) is 106 Å². The molecular formula is C80H72N4OPt-2. The Balaban J connectivity index is 0.00000653. The van der Waals surface area contributed by atoms with Gasteiger partial charge in [-0.3, -0.25) is 4.57 Å². The number of hydrogen-bond acceptors (Lipinski definition) is 2. The Labute approximate surface area is 521 Å². The number of imidazole rings is 1. The maximum atomic E-state index is 6.90. The average Bonchev–Trinajstić information content (AvgIpc) is 1.45. The quantitative estimate of drug-likeness (QED) is 0.123. The van der Waals surface area contributed by atoms with Crippen molar-refractivity contribution in [1.82, 2.24) is 14.1 Å². The van der Waals surface area contributed by atoms with Crippen molar-refractivity contribution < 1.29 is 30.4 Å². The van der Waals surface area contributed by atoms with E-state index in [0.717, 1.165) is 92.4 Å². The Kier molecular flexibility index (Phi) is 12.9. The molecule has 0 bridgehead atoms. The monoisotopic (exact) mass is 1300 g/mol. The fraction of sp³-hybridized carbons (Fsp3) is 0.250. The molecule has 6 heteroatoms. The average molecular weight is 1300 g/mol. The minimum Gasteiger partial charge on any atom is -0.510 e. The van der Waals surface area contributed by atoms with Crippen LogP contribution in [0.1, 0.15) is 130 Å². The Morgan fingerprint density at radius 3 is 1.70 bits per heavy atom. The molecular weight excluding hydrogens is 1230 g/mol. The Morgan fingerprint density at radius 1 is 0.477 bits per heavy atom. The van der Waals surface area contributed by atoms with Crippen molar-refractivity contribution in [3.8, 4) is 84.3 Å². The molecule has 0 radical (unpaired) electrons. The van der Waals surface area contributed by atoms with Gasteiger partial charge in [0.1, 0.15) is 5.82 Å². The number of rotatable bonds is 6. The van der Waals surface area contributed by atoms with Gasteiger partial charge in [-0.1, -0.05) is 215 Å². The first-order valence-electron chi connectivity index (χ1n) is 30.5. The third kappa shape index (κ3) is 8.88. The number of benzene rings is 9. The van der Waals surface area contributed by atoms with Crippen molar-refractivity contribution in [2.75, 3.05) is 0 Å². The summed E-state index contributed by atoms with van der Waals surface area (Å²) in [6.07, 6.45) is 10.6. The summed E-state index contributed by atoms with van der Waals surface area (Å²) in [6.45, 7) is 26.2. The number of fused-ring (bicyclic) bond motifs is 12. The predicted molar refractivity (Wildman–Crippen MR) is 350 cm³/mol. The zero-order valence-corrected chi connectivity index (χ0v) is 53.5. The van der Waals surface area contributed by atoms with Crippen LogP contribution in [-0.4, -0.2) is 14.1 Å². The molecule has 0 N–H and O–H groups in total. The number of aromatic nitrogens is 4. The molecule has 15 rings (SSSR count). The second-order valence-electron chi connectivity index (χ2n) is 28.1. The SMILES string of the molecule is CC(C)(C)c1ccnc(-n2c3[c-]c(Oc4[c-]c(-n5[c-][n+]6c7c(cccc75)-c5ccccc5-c5ccccc5-c5c(-c7ccc8c(c7)C(C)(C)CCC8(C)C)ccc(-c7ccc8c(c7)C(C)(C)CCC8(C)C)c5-6)ccc4)ccc3c3ccccc32)c1.[Pt]. The zero-order valence-electron chi connectivity index (χ0n) is 51.2. The van der Waals surface area contributed by atoms with Crippen LogP contribution >= 0.6 is 0 Å². The van der Waals surface area contributed by atoms with Crippen LogP contribution in [0, 0.1) is 18.5 Å². The normalized spacial score (nSPS) is 15.9. The first-order valence-corrected chi connectivity index (χ1v) is 30.5. The van der Waals surface area contributed by atoms with Crippen LogP contribution in [-0.2, 0) is 48.1 Å². The molecule has 0 fully saturated rings. The third-order valence-corrected chi connectivity index (χ3v) is 19.7. The number of hydrogen-bond donors (Lipinski definition) is 0. The molecule has 2 aliphatic carbocycles. The van der Waals surface area contributed by atoms with Crippen molar-refractivity contribution in [3.05, 3.63) is 234 Å². The largest absolute Gasteiger partial charge is 0.510 e. The molecule has 430 valence electrons. The molecule has 0 saturated carbocycles. The van der Waals surface area contributed by atoms with Gasteiger partial charge in [0.15, 0.2) is 0 Å². The van der Waals surface area contributed by atoms with E-state index in [0.29, 0.717) is 11.5 Å². The molecule has 3 aromatic heterocycles. The molecule has 0 atom stereocenters. The minimum atomic E-state index is -0.0492. The van der Waals surface area contributed by atoms with Gasteiger partial charge in [-0.25, -0.2) is 4.98 Å².